The second kappa shape index (κ2) is 11.6. The van der Waals surface area contributed by atoms with Crippen molar-refractivity contribution in [3.8, 4) is 11.5 Å². The maximum Gasteiger partial charge on any atom is 0.264 e. The first-order valence-electron chi connectivity index (χ1n) is 11.6. The smallest absolute Gasteiger partial charge is 0.264 e. The summed E-state index contributed by atoms with van der Waals surface area (Å²) in [6.45, 7) is 7.14. The number of likely N-dealkylation sites (tertiary alicyclic amines) is 1. The Labute approximate surface area is 202 Å². The summed E-state index contributed by atoms with van der Waals surface area (Å²) in [7, 11) is -1.12. The molecule has 0 radical (unpaired) electrons. The number of carbonyl (C=O) groups excluding carboxylic acids is 1. The molecule has 34 heavy (non-hydrogen) atoms. The van der Waals surface area contributed by atoms with Crippen LogP contribution in [0, 0.1) is 13.8 Å². The summed E-state index contributed by atoms with van der Waals surface area (Å²) in [6, 6.07) is 9.92. The lowest BCUT2D eigenvalue weighted by Crippen LogP contribution is -2.41. The van der Waals surface area contributed by atoms with Gasteiger partial charge in [0.25, 0.3) is 10.0 Å². The second-order valence-electron chi connectivity index (χ2n) is 8.63. The van der Waals surface area contributed by atoms with Gasteiger partial charge in [-0.05, 0) is 88.1 Å². The Kier molecular flexibility index (Phi) is 8.79. The summed E-state index contributed by atoms with van der Waals surface area (Å²) in [5.41, 5.74) is 2.27. The van der Waals surface area contributed by atoms with E-state index in [2.05, 4.69) is 10.2 Å². The summed E-state index contributed by atoms with van der Waals surface area (Å²) in [6.07, 6.45) is 3.29. The van der Waals surface area contributed by atoms with Gasteiger partial charge in [-0.2, -0.15) is 0 Å². The summed E-state index contributed by atoms with van der Waals surface area (Å²) < 4.78 is 39.1. The van der Waals surface area contributed by atoms with Gasteiger partial charge in [0.1, 0.15) is 6.54 Å². The molecule has 0 atom stereocenters. The molecule has 2 aromatic carbocycles. The van der Waals surface area contributed by atoms with Crippen LogP contribution in [-0.2, 0) is 14.8 Å². The lowest BCUT2D eigenvalue weighted by atomic mass is 10.1. The van der Waals surface area contributed by atoms with Crippen LogP contribution in [0.5, 0.6) is 11.5 Å². The highest BCUT2D eigenvalue weighted by Gasteiger charge is 2.28. The van der Waals surface area contributed by atoms with Crippen LogP contribution in [0.25, 0.3) is 0 Å². The SMILES string of the molecule is COc1ccc(S(=O)(=O)N(CC(=O)NCCCN2CCCC2)c2cc(C)cc(C)c2)cc1OC. The molecule has 0 spiro atoms. The van der Waals surface area contributed by atoms with Crippen LogP contribution in [0.15, 0.2) is 41.3 Å². The van der Waals surface area contributed by atoms with Crippen LogP contribution in [0.4, 0.5) is 5.69 Å². The van der Waals surface area contributed by atoms with E-state index in [-0.39, 0.29) is 17.3 Å². The fraction of sp³-hybridized carbons (Fsp3) is 0.480. The van der Waals surface area contributed by atoms with Gasteiger partial charge >= 0.3 is 0 Å². The van der Waals surface area contributed by atoms with Gasteiger partial charge in [-0.25, -0.2) is 8.42 Å². The molecule has 1 amide bonds. The van der Waals surface area contributed by atoms with Gasteiger partial charge in [-0.1, -0.05) is 6.07 Å². The van der Waals surface area contributed by atoms with Crippen molar-refractivity contribution in [1.29, 1.82) is 0 Å². The van der Waals surface area contributed by atoms with E-state index in [1.807, 2.05) is 19.9 Å². The highest BCUT2D eigenvalue weighted by molar-refractivity contribution is 7.92. The molecule has 1 N–H and O–H groups in total. The monoisotopic (exact) mass is 489 g/mol. The van der Waals surface area contributed by atoms with Crippen LogP contribution in [0.3, 0.4) is 0 Å². The number of ether oxygens (including phenoxy) is 2. The summed E-state index contributed by atoms with van der Waals surface area (Å²) in [4.78, 5) is 15.2. The Morgan fingerprint density at radius 1 is 1.00 bits per heavy atom. The first-order chi connectivity index (χ1) is 16.2. The number of sulfonamides is 1. The fourth-order valence-electron chi connectivity index (χ4n) is 4.24. The van der Waals surface area contributed by atoms with E-state index in [9.17, 15) is 13.2 Å². The van der Waals surface area contributed by atoms with Crippen molar-refractivity contribution < 1.29 is 22.7 Å². The molecule has 186 valence electrons. The molecular weight excluding hydrogens is 454 g/mol. The number of nitrogens with one attached hydrogen (secondary N) is 1. The molecule has 9 heteroatoms. The van der Waals surface area contributed by atoms with E-state index in [0.717, 1.165) is 41.5 Å². The Morgan fingerprint density at radius 2 is 1.65 bits per heavy atom. The van der Waals surface area contributed by atoms with Gasteiger partial charge in [0.2, 0.25) is 5.91 Å². The predicted octanol–water partition coefficient (Wildman–Crippen LogP) is 3.12. The minimum Gasteiger partial charge on any atom is -0.493 e. The highest BCUT2D eigenvalue weighted by atomic mass is 32.2. The average Bonchev–Trinajstić information content (AvgIpc) is 3.32. The lowest BCUT2D eigenvalue weighted by Gasteiger charge is -2.25. The number of rotatable bonds is 11. The molecule has 1 heterocycles. The number of methoxy groups -OCH3 is 2. The van der Waals surface area contributed by atoms with E-state index < -0.39 is 10.0 Å². The van der Waals surface area contributed by atoms with E-state index in [1.54, 1.807) is 18.2 Å². The molecule has 2 aromatic rings. The molecular formula is C25H35N3O5S. The molecule has 0 saturated carbocycles. The van der Waals surface area contributed by atoms with Crippen molar-refractivity contribution in [1.82, 2.24) is 10.2 Å². The summed E-state index contributed by atoms with van der Waals surface area (Å²) >= 11 is 0. The molecule has 1 saturated heterocycles. The van der Waals surface area contributed by atoms with Gasteiger partial charge in [-0.3, -0.25) is 9.10 Å². The van der Waals surface area contributed by atoms with Gasteiger partial charge < -0.3 is 19.7 Å². The van der Waals surface area contributed by atoms with Crippen molar-refractivity contribution in [2.24, 2.45) is 0 Å². The Hall–Kier alpha value is -2.78. The van der Waals surface area contributed by atoms with E-state index >= 15 is 0 Å². The van der Waals surface area contributed by atoms with Crippen LogP contribution in [0.1, 0.15) is 30.4 Å². The van der Waals surface area contributed by atoms with Crippen molar-refractivity contribution in [3.63, 3.8) is 0 Å². The molecule has 1 aliphatic heterocycles. The maximum absolute atomic E-state index is 13.7. The number of carbonyl (C=O) groups is 1. The maximum atomic E-state index is 13.7. The minimum atomic E-state index is -4.06. The Balaban J connectivity index is 1.82. The van der Waals surface area contributed by atoms with Gasteiger partial charge in [0.05, 0.1) is 24.8 Å². The highest BCUT2D eigenvalue weighted by Crippen LogP contribution is 2.32. The second-order valence-corrected chi connectivity index (χ2v) is 10.5. The minimum absolute atomic E-state index is 0.0196. The van der Waals surface area contributed by atoms with Crippen molar-refractivity contribution in [2.75, 3.05) is 51.2 Å². The standard InChI is InChI=1S/C25H35N3O5S/c1-19-14-20(2)16-21(15-19)28(18-25(29)26-10-7-13-27-11-5-6-12-27)34(30,31)22-8-9-23(32-3)24(17-22)33-4/h8-9,14-17H,5-7,10-13,18H2,1-4H3,(H,26,29). The topological polar surface area (TPSA) is 88.2 Å². The molecule has 1 fully saturated rings. The zero-order valence-corrected chi connectivity index (χ0v) is 21.3. The lowest BCUT2D eigenvalue weighted by molar-refractivity contribution is -0.119. The normalized spacial score (nSPS) is 14.1. The first-order valence-corrected chi connectivity index (χ1v) is 13.0. The predicted molar refractivity (Wildman–Crippen MR) is 133 cm³/mol. The summed E-state index contributed by atoms with van der Waals surface area (Å²) in [5.74, 6) is 0.384. The molecule has 3 rings (SSSR count). The molecule has 8 nitrogen and oxygen atoms in total. The van der Waals surface area contributed by atoms with Gasteiger partial charge in [0.15, 0.2) is 11.5 Å². The molecule has 0 aliphatic carbocycles. The van der Waals surface area contributed by atoms with E-state index in [0.29, 0.717) is 23.7 Å². The van der Waals surface area contributed by atoms with Gasteiger partial charge in [-0.15, -0.1) is 0 Å². The zero-order chi connectivity index (χ0) is 24.7. The Bertz CT molecular complexity index is 1080. The third kappa shape index (κ3) is 6.42. The van der Waals surface area contributed by atoms with Crippen molar-refractivity contribution in [2.45, 2.75) is 38.0 Å². The zero-order valence-electron chi connectivity index (χ0n) is 20.5. The average molecular weight is 490 g/mol. The van der Waals surface area contributed by atoms with Crippen molar-refractivity contribution >= 4 is 21.6 Å². The number of benzene rings is 2. The van der Waals surface area contributed by atoms with E-state index in [4.69, 9.17) is 9.47 Å². The largest absolute Gasteiger partial charge is 0.493 e. The fourth-order valence-corrected chi connectivity index (χ4v) is 5.66. The number of nitrogens with zero attached hydrogens (tertiary/aromatic N) is 2. The number of aryl methyl sites for hydroxylation is 2. The number of anilines is 1. The van der Waals surface area contributed by atoms with Crippen LogP contribution >= 0.6 is 0 Å². The van der Waals surface area contributed by atoms with Crippen LogP contribution in [-0.4, -0.2) is 66.2 Å². The molecule has 1 aliphatic rings. The van der Waals surface area contributed by atoms with Crippen molar-refractivity contribution in [3.05, 3.63) is 47.5 Å². The van der Waals surface area contributed by atoms with E-state index in [1.165, 1.54) is 39.2 Å². The summed E-state index contributed by atoms with van der Waals surface area (Å²) in [5, 5.41) is 2.88. The third-order valence-electron chi connectivity index (χ3n) is 5.90. The quantitative estimate of drug-likeness (QED) is 0.488. The third-order valence-corrected chi connectivity index (χ3v) is 7.67. The molecule has 0 bridgehead atoms. The van der Waals surface area contributed by atoms with Gasteiger partial charge in [0, 0.05) is 12.6 Å². The Morgan fingerprint density at radius 3 is 2.26 bits per heavy atom. The number of hydrogen-bond acceptors (Lipinski definition) is 6. The molecule has 0 aromatic heterocycles. The molecule has 0 unspecified atom stereocenters. The van der Waals surface area contributed by atoms with Crippen LogP contribution in [0.2, 0.25) is 0 Å². The van der Waals surface area contributed by atoms with Crippen LogP contribution < -0.4 is 19.1 Å². The first kappa shape index (κ1) is 25.8. The number of amides is 1. The number of hydrogen-bond donors (Lipinski definition) is 1.